The molecular weight excluding hydrogens is 399 g/mol. The molecule has 2 aliphatic heterocycles. The number of hydrogen-bond donors (Lipinski definition) is 1. The van der Waals surface area contributed by atoms with Crippen LogP contribution in [-0.2, 0) is 19.6 Å². The van der Waals surface area contributed by atoms with Gasteiger partial charge in [-0.2, -0.15) is 23.4 Å². The Hall–Kier alpha value is -2.59. The third-order valence-corrected chi connectivity index (χ3v) is 6.84. The number of rotatable bonds is 3. The van der Waals surface area contributed by atoms with Gasteiger partial charge in [-0.05, 0) is 31.6 Å². The molecular formula is C19H24F3N7O. The van der Waals surface area contributed by atoms with Crippen molar-refractivity contribution >= 4 is 6.03 Å². The normalized spacial score (nSPS) is 23.7. The summed E-state index contributed by atoms with van der Waals surface area (Å²) in [6.07, 6.45) is 1.42. The van der Waals surface area contributed by atoms with Crippen molar-refractivity contribution in [3.8, 4) is 0 Å². The number of amides is 2. The van der Waals surface area contributed by atoms with E-state index in [2.05, 4.69) is 20.3 Å². The van der Waals surface area contributed by atoms with E-state index in [4.69, 9.17) is 0 Å². The second-order valence-electron chi connectivity index (χ2n) is 9.06. The number of nitrogens with zero attached hydrogens (tertiary/aromatic N) is 6. The lowest BCUT2D eigenvalue weighted by Gasteiger charge is -2.59. The number of alkyl halides is 3. The Morgan fingerprint density at radius 1 is 1.30 bits per heavy atom. The molecule has 3 fully saturated rings. The van der Waals surface area contributed by atoms with Gasteiger partial charge in [-0.25, -0.2) is 9.78 Å². The third kappa shape index (κ3) is 3.24. The number of H-pyrrole nitrogens is 1. The highest BCUT2D eigenvalue weighted by atomic mass is 19.4. The van der Waals surface area contributed by atoms with Gasteiger partial charge >= 0.3 is 12.2 Å². The van der Waals surface area contributed by atoms with E-state index in [1.807, 2.05) is 9.80 Å². The summed E-state index contributed by atoms with van der Waals surface area (Å²) < 4.78 is 40.6. The van der Waals surface area contributed by atoms with E-state index in [1.54, 1.807) is 0 Å². The maximum Gasteiger partial charge on any atom is 0.433 e. The number of hydrogen-bond acceptors (Lipinski definition) is 4. The van der Waals surface area contributed by atoms with E-state index >= 15 is 0 Å². The van der Waals surface area contributed by atoms with E-state index in [9.17, 15) is 18.0 Å². The summed E-state index contributed by atoms with van der Waals surface area (Å²) in [5.74, 6) is 1.23. The highest BCUT2D eigenvalue weighted by Gasteiger charge is 2.54. The Kier molecular flexibility index (Phi) is 4.33. The van der Waals surface area contributed by atoms with Crippen LogP contribution in [0.15, 0.2) is 12.5 Å². The van der Waals surface area contributed by atoms with Crippen molar-refractivity contribution in [1.82, 2.24) is 34.8 Å². The molecule has 1 atom stereocenters. The second kappa shape index (κ2) is 6.71. The van der Waals surface area contributed by atoms with E-state index in [0.29, 0.717) is 32.6 Å². The molecule has 4 heterocycles. The van der Waals surface area contributed by atoms with E-state index in [1.165, 1.54) is 19.6 Å². The zero-order chi connectivity index (χ0) is 21.1. The molecule has 1 saturated carbocycles. The van der Waals surface area contributed by atoms with Gasteiger partial charge < -0.3 is 9.80 Å². The van der Waals surface area contributed by atoms with Crippen LogP contribution in [0.2, 0.25) is 0 Å². The molecule has 11 heteroatoms. The van der Waals surface area contributed by atoms with Crippen LogP contribution in [0.4, 0.5) is 18.0 Å². The fourth-order valence-corrected chi connectivity index (χ4v) is 5.54. The van der Waals surface area contributed by atoms with Gasteiger partial charge in [0.05, 0.1) is 6.20 Å². The number of halogens is 3. The lowest BCUT2D eigenvalue weighted by Crippen LogP contribution is -2.65. The Bertz CT molecular complexity index is 925. The molecule has 5 rings (SSSR count). The van der Waals surface area contributed by atoms with Crippen molar-refractivity contribution in [2.24, 2.45) is 18.4 Å². The monoisotopic (exact) mass is 423 g/mol. The first kappa shape index (κ1) is 19.4. The van der Waals surface area contributed by atoms with Gasteiger partial charge in [0.1, 0.15) is 17.8 Å². The Morgan fingerprint density at radius 3 is 2.73 bits per heavy atom. The highest BCUT2D eigenvalue weighted by molar-refractivity contribution is 5.76. The lowest BCUT2D eigenvalue weighted by molar-refractivity contribution is -0.144. The molecule has 1 aliphatic carbocycles. The number of aryl methyl sites for hydroxylation is 1. The first-order valence-corrected chi connectivity index (χ1v) is 10.2. The first-order valence-electron chi connectivity index (χ1n) is 10.2. The third-order valence-electron chi connectivity index (χ3n) is 6.84. The van der Waals surface area contributed by atoms with Crippen LogP contribution < -0.4 is 0 Å². The molecule has 30 heavy (non-hydrogen) atoms. The molecule has 1 N–H and O–H groups in total. The average molecular weight is 423 g/mol. The SMILES string of the molecule is Cn1ncc(CC2CC3(C2)CN(C(=O)N2CC[C@H](c4ncn[nH]4)C2)C3)c1C(F)(F)F. The quantitative estimate of drug-likeness (QED) is 0.822. The first-order chi connectivity index (χ1) is 14.2. The van der Waals surface area contributed by atoms with Crippen molar-refractivity contribution < 1.29 is 18.0 Å². The summed E-state index contributed by atoms with van der Waals surface area (Å²) in [5.41, 5.74) is -0.290. The number of aromatic nitrogens is 5. The summed E-state index contributed by atoms with van der Waals surface area (Å²) in [7, 11) is 1.33. The highest BCUT2D eigenvalue weighted by Crippen LogP contribution is 2.53. The van der Waals surface area contributed by atoms with E-state index in [-0.39, 0.29) is 28.8 Å². The van der Waals surface area contributed by atoms with Gasteiger partial charge in [-0.1, -0.05) is 0 Å². The van der Waals surface area contributed by atoms with Gasteiger partial charge in [0, 0.05) is 50.1 Å². The molecule has 2 amide bonds. The molecule has 162 valence electrons. The van der Waals surface area contributed by atoms with Gasteiger partial charge in [-0.3, -0.25) is 9.78 Å². The van der Waals surface area contributed by atoms with E-state index in [0.717, 1.165) is 29.8 Å². The fraction of sp³-hybridized carbons (Fsp3) is 0.684. The molecule has 0 bridgehead atoms. The zero-order valence-corrected chi connectivity index (χ0v) is 16.7. The summed E-state index contributed by atoms with van der Waals surface area (Å²) in [4.78, 5) is 20.7. The average Bonchev–Trinajstić information content (AvgIpc) is 3.34. The van der Waals surface area contributed by atoms with Gasteiger partial charge in [-0.15, -0.1) is 0 Å². The number of likely N-dealkylation sites (tertiary alicyclic amines) is 2. The molecule has 2 aromatic rings. The minimum atomic E-state index is -4.39. The maximum absolute atomic E-state index is 13.2. The Morgan fingerprint density at radius 2 is 2.07 bits per heavy atom. The van der Waals surface area contributed by atoms with Crippen molar-refractivity contribution in [3.63, 3.8) is 0 Å². The molecule has 0 unspecified atom stereocenters. The van der Waals surface area contributed by atoms with Crippen molar-refractivity contribution in [2.75, 3.05) is 26.2 Å². The minimum Gasteiger partial charge on any atom is -0.324 e. The maximum atomic E-state index is 13.2. The van der Waals surface area contributed by atoms with Gasteiger partial charge in [0.2, 0.25) is 0 Å². The molecule has 3 aliphatic rings. The van der Waals surface area contributed by atoms with Crippen LogP contribution in [0.1, 0.15) is 42.3 Å². The molecule has 1 spiro atoms. The van der Waals surface area contributed by atoms with Crippen molar-refractivity contribution in [3.05, 3.63) is 29.6 Å². The van der Waals surface area contributed by atoms with Crippen LogP contribution in [0.3, 0.4) is 0 Å². The van der Waals surface area contributed by atoms with Crippen LogP contribution in [0.5, 0.6) is 0 Å². The van der Waals surface area contributed by atoms with Crippen LogP contribution in [0.25, 0.3) is 0 Å². The predicted octanol–water partition coefficient (Wildman–Crippen LogP) is 2.42. The lowest BCUT2D eigenvalue weighted by atomic mass is 9.56. The molecule has 0 radical (unpaired) electrons. The zero-order valence-electron chi connectivity index (χ0n) is 16.7. The number of carbonyl (C=O) groups is 1. The number of nitrogens with one attached hydrogen (secondary N) is 1. The summed E-state index contributed by atoms with van der Waals surface area (Å²) >= 11 is 0. The fourth-order valence-electron chi connectivity index (χ4n) is 5.54. The Labute approximate surface area is 171 Å². The van der Waals surface area contributed by atoms with Gasteiger partial charge in [0.15, 0.2) is 0 Å². The van der Waals surface area contributed by atoms with Crippen LogP contribution >= 0.6 is 0 Å². The number of urea groups is 1. The van der Waals surface area contributed by atoms with Crippen molar-refractivity contribution in [1.29, 1.82) is 0 Å². The molecule has 8 nitrogen and oxygen atoms in total. The van der Waals surface area contributed by atoms with E-state index < -0.39 is 11.9 Å². The summed E-state index contributed by atoms with van der Waals surface area (Å²) in [6.45, 7) is 2.74. The molecule has 2 saturated heterocycles. The van der Waals surface area contributed by atoms with Crippen LogP contribution in [-0.4, -0.2) is 67.0 Å². The summed E-state index contributed by atoms with van der Waals surface area (Å²) in [6, 6.07) is 0.0534. The number of carbonyl (C=O) groups excluding carboxylic acids is 1. The topological polar surface area (TPSA) is 82.9 Å². The minimum absolute atomic E-state index is 0.0534. The van der Waals surface area contributed by atoms with Crippen molar-refractivity contribution in [2.45, 2.75) is 37.8 Å². The molecule has 2 aromatic heterocycles. The smallest absolute Gasteiger partial charge is 0.324 e. The number of aromatic amines is 1. The summed E-state index contributed by atoms with van der Waals surface area (Å²) in [5, 5.41) is 10.6. The van der Waals surface area contributed by atoms with Gasteiger partial charge in [0.25, 0.3) is 0 Å². The largest absolute Gasteiger partial charge is 0.433 e. The predicted molar refractivity (Wildman–Crippen MR) is 99.4 cm³/mol. The molecule has 0 aromatic carbocycles. The Balaban J connectivity index is 1.12. The standard InChI is InChI=1S/C19H24F3N7O/c1-27-15(19(20,21)22)14(7-25-27)4-12-5-18(6-12)9-29(10-18)17(30)28-3-2-13(8-28)16-23-11-24-26-16/h7,11-13H,2-6,8-10H2,1H3,(H,23,24,26)/t13-/m0/s1. The second-order valence-corrected chi connectivity index (χ2v) is 9.06. The van der Waals surface area contributed by atoms with Crippen LogP contribution in [0, 0.1) is 11.3 Å².